The minimum absolute atomic E-state index is 0.0144. The number of aliphatic carboxylic acids is 1. The van der Waals surface area contributed by atoms with Crippen LogP contribution in [0.3, 0.4) is 0 Å². The summed E-state index contributed by atoms with van der Waals surface area (Å²) in [6.45, 7) is 3.17. The van der Waals surface area contributed by atoms with Gasteiger partial charge < -0.3 is 10.4 Å². The van der Waals surface area contributed by atoms with Crippen molar-refractivity contribution in [2.75, 3.05) is 5.32 Å². The lowest BCUT2D eigenvalue weighted by Gasteiger charge is -2.21. The summed E-state index contributed by atoms with van der Waals surface area (Å²) in [6, 6.07) is 2.39. The molecule has 0 radical (unpaired) electrons. The second-order valence-corrected chi connectivity index (χ2v) is 6.98. The molecule has 2 aromatic rings. The van der Waals surface area contributed by atoms with Crippen LogP contribution >= 0.6 is 0 Å². The normalized spacial score (nSPS) is 21.4. The first-order valence-corrected chi connectivity index (χ1v) is 8.25. The zero-order chi connectivity index (χ0) is 20.1. The number of aryl methyl sites for hydroxylation is 1. The maximum atomic E-state index is 14.4. The van der Waals surface area contributed by atoms with Crippen molar-refractivity contribution in [1.29, 1.82) is 0 Å². The molecule has 1 aliphatic carbocycles. The van der Waals surface area contributed by atoms with Gasteiger partial charge in [0.15, 0.2) is 0 Å². The Morgan fingerprint density at radius 2 is 2.07 bits per heavy atom. The Kier molecular flexibility index (Phi) is 4.49. The van der Waals surface area contributed by atoms with Gasteiger partial charge in [-0.25, -0.2) is 13.2 Å². The van der Waals surface area contributed by atoms with E-state index in [9.17, 15) is 27.9 Å². The molecule has 0 aliphatic heterocycles. The Balaban J connectivity index is 2.05. The molecule has 1 aliphatic rings. The molecule has 1 heterocycles. The topological polar surface area (TPSA) is 84.2 Å². The number of rotatable bonds is 4. The quantitative estimate of drug-likeness (QED) is 0.848. The Hall–Kier alpha value is -2.84. The first-order valence-electron chi connectivity index (χ1n) is 8.25. The van der Waals surface area contributed by atoms with E-state index in [1.165, 1.54) is 26.2 Å². The van der Waals surface area contributed by atoms with E-state index in [0.29, 0.717) is 5.56 Å². The number of hydrogen-bond acceptors (Lipinski definition) is 3. The molecule has 9 heteroatoms. The van der Waals surface area contributed by atoms with Crippen molar-refractivity contribution in [1.82, 2.24) is 9.78 Å². The number of carbonyl (C=O) groups excluding carboxylic acids is 1. The highest BCUT2D eigenvalue weighted by molar-refractivity contribution is 6.05. The molecule has 0 saturated heterocycles. The number of amides is 1. The summed E-state index contributed by atoms with van der Waals surface area (Å²) in [5, 5.41) is 15.7. The van der Waals surface area contributed by atoms with Gasteiger partial charge in [-0.1, -0.05) is 6.92 Å². The predicted octanol–water partition coefficient (Wildman–Crippen LogP) is 3.60. The van der Waals surface area contributed by atoms with E-state index in [0.717, 1.165) is 10.7 Å². The molecule has 0 fully saturated rings. The maximum absolute atomic E-state index is 14.4. The van der Waals surface area contributed by atoms with Crippen LogP contribution in [0.15, 0.2) is 18.3 Å². The van der Waals surface area contributed by atoms with Gasteiger partial charge in [-0.2, -0.15) is 5.10 Å². The lowest BCUT2D eigenvalue weighted by atomic mass is 9.83. The highest BCUT2D eigenvalue weighted by atomic mass is 19.3. The highest BCUT2D eigenvalue weighted by Gasteiger charge is 2.47. The minimum atomic E-state index is -2.93. The van der Waals surface area contributed by atoms with E-state index in [2.05, 4.69) is 10.4 Å². The smallest absolute Gasteiger partial charge is 0.313 e. The Morgan fingerprint density at radius 3 is 2.67 bits per heavy atom. The predicted molar refractivity (Wildman–Crippen MR) is 90.5 cm³/mol. The van der Waals surface area contributed by atoms with Gasteiger partial charge in [0.05, 0.1) is 11.0 Å². The molecule has 144 valence electrons. The van der Waals surface area contributed by atoms with Gasteiger partial charge in [0, 0.05) is 24.5 Å². The molecule has 6 nitrogen and oxygen atoms in total. The van der Waals surface area contributed by atoms with Crippen molar-refractivity contribution >= 4 is 17.6 Å². The van der Waals surface area contributed by atoms with E-state index in [-0.39, 0.29) is 29.2 Å². The van der Waals surface area contributed by atoms with Crippen molar-refractivity contribution < 1.29 is 27.9 Å². The average molecular weight is 381 g/mol. The van der Waals surface area contributed by atoms with Crippen molar-refractivity contribution in [3.8, 4) is 0 Å². The van der Waals surface area contributed by atoms with Gasteiger partial charge in [0.1, 0.15) is 11.5 Å². The molecule has 27 heavy (non-hydrogen) atoms. The number of nitrogens with zero attached hydrogens (tertiary/aromatic N) is 2. The molecule has 1 aromatic heterocycles. The SMILES string of the molecule is C[C@@H]1C[C@@](C)(C(=O)O)c2c(F)ccc(NC(=O)c3cn(C)nc3C(F)F)c21. The van der Waals surface area contributed by atoms with Crippen LogP contribution in [0, 0.1) is 5.82 Å². The standard InChI is InChI=1S/C18H18F3N3O3/c1-8-6-18(2,17(26)27)13-10(19)4-5-11(12(8)13)22-16(25)9-7-24(3)23-14(9)15(20)21/h4-5,7-8,15H,6H2,1-3H3,(H,22,25)(H,26,27)/t8-,18-/m1/s1. The molecule has 0 spiro atoms. The largest absolute Gasteiger partial charge is 0.481 e. The Labute approximate surface area is 153 Å². The number of carboxylic acids is 1. The molecule has 0 saturated carbocycles. The fourth-order valence-corrected chi connectivity index (χ4v) is 3.82. The summed E-state index contributed by atoms with van der Waals surface area (Å²) in [4.78, 5) is 24.2. The summed E-state index contributed by atoms with van der Waals surface area (Å²) in [5.41, 5.74) is -1.79. The second-order valence-electron chi connectivity index (χ2n) is 6.98. The molecule has 1 aromatic carbocycles. The summed E-state index contributed by atoms with van der Waals surface area (Å²) >= 11 is 0. The van der Waals surface area contributed by atoms with E-state index in [1.807, 2.05) is 0 Å². The number of fused-ring (bicyclic) bond motifs is 1. The zero-order valence-corrected chi connectivity index (χ0v) is 14.9. The molecule has 2 atom stereocenters. The third kappa shape index (κ3) is 2.96. The number of benzene rings is 1. The Bertz CT molecular complexity index is 941. The lowest BCUT2D eigenvalue weighted by molar-refractivity contribution is -0.143. The van der Waals surface area contributed by atoms with Crippen LogP contribution in [0.5, 0.6) is 0 Å². The first-order chi connectivity index (χ1) is 12.6. The molecule has 0 unspecified atom stereocenters. The van der Waals surface area contributed by atoms with E-state index in [4.69, 9.17) is 0 Å². The van der Waals surface area contributed by atoms with Gasteiger partial charge in [0.25, 0.3) is 12.3 Å². The Morgan fingerprint density at radius 1 is 1.41 bits per heavy atom. The van der Waals surface area contributed by atoms with Gasteiger partial charge in [0.2, 0.25) is 0 Å². The third-order valence-corrected chi connectivity index (χ3v) is 4.98. The number of hydrogen-bond donors (Lipinski definition) is 2. The first kappa shape index (κ1) is 18.9. The zero-order valence-electron chi connectivity index (χ0n) is 14.9. The van der Waals surface area contributed by atoms with Gasteiger partial charge in [-0.05, 0) is 37.0 Å². The van der Waals surface area contributed by atoms with Crippen LogP contribution in [0.1, 0.15) is 59.8 Å². The van der Waals surface area contributed by atoms with E-state index >= 15 is 0 Å². The molecule has 0 bridgehead atoms. The van der Waals surface area contributed by atoms with Crippen LogP contribution in [0.4, 0.5) is 18.9 Å². The molecule has 3 rings (SSSR count). The molecular formula is C18H18F3N3O3. The summed E-state index contributed by atoms with van der Waals surface area (Å²) in [5.74, 6) is -2.99. The van der Waals surface area contributed by atoms with Gasteiger partial charge in [-0.15, -0.1) is 0 Å². The highest BCUT2D eigenvalue weighted by Crippen LogP contribution is 2.50. The fourth-order valence-electron chi connectivity index (χ4n) is 3.82. The van der Waals surface area contributed by atoms with Crippen LogP contribution < -0.4 is 5.32 Å². The van der Waals surface area contributed by atoms with Crippen LogP contribution in [-0.2, 0) is 17.3 Å². The average Bonchev–Trinajstić information content (AvgIpc) is 3.10. The maximum Gasteiger partial charge on any atom is 0.313 e. The van der Waals surface area contributed by atoms with Crippen LogP contribution in [0.25, 0.3) is 0 Å². The van der Waals surface area contributed by atoms with Crippen molar-refractivity contribution in [3.63, 3.8) is 0 Å². The number of aromatic nitrogens is 2. The third-order valence-electron chi connectivity index (χ3n) is 4.98. The molecular weight excluding hydrogens is 363 g/mol. The van der Waals surface area contributed by atoms with Crippen molar-refractivity contribution in [2.45, 2.75) is 38.0 Å². The number of carbonyl (C=O) groups is 2. The van der Waals surface area contributed by atoms with Crippen molar-refractivity contribution in [3.05, 3.63) is 46.5 Å². The van der Waals surface area contributed by atoms with Crippen molar-refractivity contribution in [2.24, 2.45) is 7.05 Å². The number of alkyl halides is 2. The van der Waals surface area contributed by atoms with Crippen LogP contribution in [-0.4, -0.2) is 26.8 Å². The van der Waals surface area contributed by atoms with Gasteiger partial charge in [-0.3, -0.25) is 14.3 Å². The van der Waals surface area contributed by atoms with E-state index in [1.54, 1.807) is 6.92 Å². The van der Waals surface area contributed by atoms with Gasteiger partial charge >= 0.3 is 5.97 Å². The molecule has 1 amide bonds. The lowest BCUT2D eigenvalue weighted by Crippen LogP contribution is -2.30. The number of nitrogens with one attached hydrogen (secondary N) is 1. The number of halogens is 3. The summed E-state index contributed by atoms with van der Waals surface area (Å²) < 4.78 is 41.7. The number of anilines is 1. The van der Waals surface area contributed by atoms with Crippen LogP contribution in [0.2, 0.25) is 0 Å². The summed E-state index contributed by atoms with van der Waals surface area (Å²) in [7, 11) is 1.42. The second kappa shape index (κ2) is 6.40. The number of carboxylic acid groups (broad SMARTS) is 1. The summed E-state index contributed by atoms with van der Waals surface area (Å²) in [6.07, 6.45) is -1.60. The monoisotopic (exact) mass is 381 g/mol. The fraction of sp³-hybridized carbons (Fsp3) is 0.389. The minimum Gasteiger partial charge on any atom is -0.481 e. The van der Waals surface area contributed by atoms with E-state index < -0.39 is 35.2 Å². The molecule has 2 N–H and O–H groups in total.